The van der Waals surface area contributed by atoms with E-state index in [0.717, 1.165) is 11.0 Å². The zero-order chi connectivity index (χ0) is 13.3. The zero-order valence-electron chi connectivity index (χ0n) is 10.5. The summed E-state index contributed by atoms with van der Waals surface area (Å²) in [5.74, 6) is 2.00. The first-order chi connectivity index (χ1) is 8.50. The fourth-order valence-electron chi connectivity index (χ4n) is 1.56. The molecule has 2 N–H and O–H groups in total. The van der Waals surface area contributed by atoms with E-state index in [1.54, 1.807) is 18.0 Å². The summed E-state index contributed by atoms with van der Waals surface area (Å²) in [5, 5.41) is 9.38. The Kier molecular flexibility index (Phi) is 3.82. The lowest BCUT2D eigenvalue weighted by Crippen LogP contribution is -2.07. The molecule has 2 rings (SSSR count). The Morgan fingerprint density at radius 2 is 2.17 bits per heavy atom. The molecule has 18 heavy (non-hydrogen) atoms. The van der Waals surface area contributed by atoms with Gasteiger partial charge in [0.1, 0.15) is 11.0 Å². The summed E-state index contributed by atoms with van der Waals surface area (Å²) < 4.78 is 3.74. The molecule has 2 aromatic heterocycles. The average molecular weight is 287 g/mol. The van der Waals surface area contributed by atoms with Gasteiger partial charge in [0.15, 0.2) is 5.16 Å². The Labute approximate surface area is 115 Å². The Hall–Kier alpha value is -1.21. The van der Waals surface area contributed by atoms with Crippen LogP contribution >= 0.6 is 23.4 Å². The Balaban J connectivity index is 2.13. The van der Waals surface area contributed by atoms with E-state index in [-0.39, 0.29) is 6.04 Å². The predicted octanol–water partition coefficient (Wildman–Crippen LogP) is 2.12. The van der Waals surface area contributed by atoms with Gasteiger partial charge in [-0.1, -0.05) is 23.4 Å². The van der Waals surface area contributed by atoms with Gasteiger partial charge in [-0.2, -0.15) is 0 Å². The molecule has 0 aliphatic carbocycles. The maximum Gasteiger partial charge on any atom is 0.222 e. The third-order valence-corrected chi connectivity index (χ3v) is 3.86. The first kappa shape index (κ1) is 13.2. The van der Waals surface area contributed by atoms with Crippen LogP contribution in [0.2, 0.25) is 5.15 Å². The van der Waals surface area contributed by atoms with Crippen molar-refractivity contribution in [2.24, 2.45) is 7.05 Å². The van der Waals surface area contributed by atoms with Crippen LogP contribution in [-0.4, -0.2) is 24.3 Å². The molecule has 0 aliphatic heterocycles. The van der Waals surface area contributed by atoms with Crippen LogP contribution in [0.3, 0.4) is 0 Å². The van der Waals surface area contributed by atoms with Crippen molar-refractivity contribution in [2.75, 3.05) is 5.73 Å². The van der Waals surface area contributed by atoms with Gasteiger partial charge < -0.3 is 10.3 Å². The number of nitrogens with zero attached hydrogens (tertiary/aromatic N) is 5. The van der Waals surface area contributed by atoms with Crippen molar-refractivity contribution < 1.29 is 0 Å². The number of imidazole rings is 1. The van der Waals surface area contributed by atoms with Gasteiger partial charge in [0.05, 0.1) is 11.9 Å². The van der Waals surface area contributed by atoms with Gasteiger partial charge >= 0.3 is 0 Å². The number of nitrogens with two attached hydrogens (primary N) is 1. The summed E-state index contributed by atoms with van der Waals surface area (Å²) in [6, 6.07) is 0.229. The molecule has 8 heteroatoms. The van der Waals surface area contributed by atoms with Crippen molar-refractivity contribution in [3.05, 3.63) is 17.2 Å². The van der Waals surface area contributed by atoms with Gasteiger partial charge in [-0.15, -0.1) is 10.2 Å². The van der Waals surface area contributed by atoms with Crippen LogP contribution in [0.25, 0.3) is 0 Å². The predicted molar refractivity (Wildman–Crippen MR) is 72.6 cm³/mol. The molecule has 0 aromatic carbocycles. The van der Waals surface area contributed by atoms with Crippen molar-refractivity contribution >= 4 is 29.3 Å². The Morgan fingerprint density at radius 3 is 2.72 bits per heavy atom. The van der Waals surface area contributed by atoms with E-state index in [1.165, 1.54) is 0 Å². The highest BCUT2D eigenvalue weighted by molar-refractivity contribution is 7.98. The van der Waals surface area contributed by atoms with Crippen molar-refractivity contribution in [3.63, 3.8) is 0 Å². The van der Waals surface area contributed by atoms with Crippen LogP contribution in [-0.2, 0) is 12.8 Å². The van der Waals surface area contributed by atoms with Crippen molar-refractivity contribution in [1.82, 2.24) is 24.3 Å². The number of hydrogen-bond donors (Lipinski definition) is 1. The quantitative estimate of drug-likeness (QED) is 0.872. The summed E-state index contributed by atoms with van der Waals surface area (Å²) in [6.07, 6.45) is 1.64. The molecule has 0 unspecified atom stereocenters. The van der Waals surface area contributed by atoms with E-state index >= 15 is 0 Å². The zero-order valence-corrected chi connectivity index (χ0v) is 12.0. The van der Waals surface area contributed by atoms with Gasteiger partial charge in [-0.25, -0.2) is 4.98 Å². The third kappa shape index (κ3) is 2.46. The van der Waals surface area contributed by atoms with Crippen LogP contribution in [0.5, 0.6) is 0 Å². The highest BCUT2D eigenvalue weighted by atomic mass is 35.5. The molecule has 0 amide bonds. The molecule has 0 radical (unpaired) electrons. The van der Waals surface area contributed by atoms with E-state index < -0.39 is 0 Å². The van der Waals surface area contributed by atoms with E-state index in [1.807, 2.05) is 30.0 Å². The Bertz CT molecular complexity index is 547. The molecule has 0 atom stereocenters. The second kappa shape index (κ2) is 5.19. The van der Waals surface area contributed by atoms with Gasteiger partial charge in [-0.05, 0) is 13.8 Å². The van der Waals surface area contributed by atoms with E-state index in [0.29, 0.717) is 16.9 Å². The lowest BCUT2D eigenvalue weighted by Gasteiger charge is -2.11. The first-order valence-corrected chi connectivity index (χ1v) is 6.86. The molecule has 2 aromatic rings. The van der Waals surface area contributed by atoms with Crippen LogP contribution in [0.1, 0.15) is 25.7 Å². The van der Waals surface area contributed by atoms with Crippen LogP contribution in [0.4, 0.5) is 5.95 Å². The summed E-state index contributed by atoms with van der Waals surface area (Å²) in [4.78, 5) is 4.23. The topological polar surface area (TPSA) is 74.6 Å². The highest BCUT2D eigenvalue weighted by Gasteiger charge is 2.14. The number of thioether (sulfide) groups is 1. The number of hydrogen-bond acceptors (Lipinski definition) is 5. The first-order valence-electron chi connectivity index (χ1n) is 5.50. The fraction of sp³-hybridized carbons (Fsp3) is 0.500. The summed E-state index contributed by atoms with van der Waals surface area (Å²) in [5.41, 5.74) is 5.78. The molecule has 0 fully saturated rings. The number of aromatic nitrogens is 5. The standard InChI is InChI=1S/C10H15ClN6S/c1-6(2)17-9(12)14-15-10(17)18-5-8-13-4-7(11)16(8)3/h4,6H,5H2,1-3H3,(H2,12,14). The van der Waals surface area contributed by atoms with E-state index in [9.17, 15) is 0 Å². The smallest absolute Gasteiger partial charge is 0.222 e. The van der Waals surface area contributed by atoms with E-state index in [4.69, 9.17) is 17.3 Å². The third-order valence-electron chi connectivity index (χ3n) is 2.57. The second-order valence-corrected chi connectivity index (χ2v) is 5.48. The number of nitrogen functional groups attached to an aromatic ring is 1. The molecule has 0 saturated carbocycles. The van der Waals surface area contributed by atoms with E-state index in [2.05, 4.69) is 15.2 Å². The maximum absolute atomic E-state index is 5.93. The molecule has 0 bridgehead atoms. The lowest BCUT2D eigenvalue weighted by atomic mass is 10.4. The summed E-state index contributed by atoms with van der Waals surface area (Å²) in [6.45, 7) is 4.09. The van der Waals surface area contributed by atoms with Crippen LogP contribution in [0.15, 0.2) is 11.4 Å². The minimum absolute atomic E-state index is 0.229. The van der Waals surface area contributed by atoms with Gasteiger partial charge in [0, 0.05) is 13.1 Å². The number of anilines is 1. The molecule has 0 aliphatic rings. The maximum atomic E-state index is 5.93. The molecule has 0 spiro atoms. The molecule has 0 saturated heterocycles. The molecular formula is C10H15ClN6S. The van der Waals surface area contributed by atoms with Gasteiger partial charge in [0.2, 0.25) is 5.95 Å². The summed E-state index contributed by atoms with van der Waals surface area (Å²) >= 11 is 7.48. The van der Waals surface area contributed by atoms with Gasteiger partial charge in [-0.3, -0.25) is 4.57 Å². The van der Waals surface area contributed by atoms with Crippen molar-refractivity contribution in [1.29, 1.82) is 0 Å². The van der Waals surface area contributed by atoms with Gasteiger partial charge in [0.25, 0.3) is 0 Å². The van der Waals surface area contributed by atoms with Crippen LogP contribution in [0, 0.1) is 0 Å². The highest BCUT2D eigenvalue weighted by Crippen LogP contribution is 2.25. The van der Waals surface area contributed by atoms with Crippen molar-refractivity contribution in [3.8, 4) is 0 Å². The van der Waals surface area contributed by atoms with Crippen molar-refractivity contribution in [2.45, 2.75) is 30.8 Å². The number of halogens is 1. The molecule has 2 heterocycles. The largest absolute Gasteiger partial charge is 0.368 e. The molecule has 98 valence electrons. The normalized spacial score (nSPS) is 11.4. The molecule has 6 nitrogen and oxygen atoms in total. The Morgan fingerprint density at radius 1 is 1.44 bits per heavy atom. The minimum atomic E-state index is 0.229. The SMILES string of the molecule is CC(C)n1c(N)nnc1SCc1ncc(Cl)n1C. The second-order valence-electron chi connectivity index (χ2n) is 4.15. The van der Waals surface area contributed by atoms with Crippen LogP contribution < -0.4 is 5.73 Å². The lowest BCUT2D eigenvalue weighted by molar-refractivity contribution is 0.557. The monoisotopic (exact) mass is 286 g/mol. The fourth-order valence-corrected chi connectivity index (χ4v) is 2.77. The number of rotatable bonds is 4. The average Bonchev–Trinajstić information content (AvgIpc) is 2.82. The summed E-state index contributed by atoms with van der Waals surface area (Å²) in [7, 11) is 1.88. The molecular weight excluding hydrogens is 272 g/mol. The minimum Gasteiger partial charge on any atom is -0.368 e.